The van der Waals surface area contributed by atoms with Crippen LogP contribution in [0.2, 0.25) is 0 Å². The Bertz CT molecular complexity index is 288. The monoisotopic (exact) mass is 256 g/mol. The number of hydrogen-bond donors (Lipinski definition) is 3. The van der Waals surface area contributed by atoms with E-state index in [1.54, 1.807) is 7.05 Å². The Morgan fingerprint density at radius 3 is 2.67 bits per heavy atom. The number of nitrogens with one attached hydrogen (secondary N) is 3. The molecule has 0 saturated carbocycles. The lowest BCUT2D eigenvalue weighted by Gasteiger charge is -2.27. The van der Waals surface area contributed by atoms with Crippen LogP contribution in [-0.4, -0.2) is 62.5 Å². The first-order chi connectivity index (χ1) is 8.50. The van der Waals surface area contributed by atoms with E-state index in [2.05, 4.69) is 16.0 Å². The van der Waals surface area contributed by atoms with Crippen molar-refractivity contribution in [3.05, 3.63) is 0 Å². The highest BCUT2D eigenvalue weighted by Crippen LogP contribution is 1.95. The standard InChI is InChI=1S/C12H24N4O2/c1-9(2)6-15-11(17)8-16(3)12(18)10-7-13-4-5-14-10/h9-10,13-14H,4-8H2,1-3H3,(H,15,17). The number of piperazine rings is 1. The van der Waals surface area contributed by atoms with Crippen LogP contribution in [-0.2, 0) is 9.59 Å². The number of nitrogens with zero attached hydrogens (tertiary/aromatic N) is 1. The van der Waals surface area contributed by atoms with E-state index in [1.165, 1.54) is 4.90 Å². The lowest BCUT2D eigenvalue weighted by Crippen LogP contribution is -2.56. The summed E-state index contributed by atoms with van der Waals surface area (Å²) in [6.45, 7) is 7.11. The first kappa shape index (κ1) is 14.9. The third-order valence-corrected chi connectivity index (χ3v) is 2.80. The molecule has 0 spiro atoms. The summed E-state index contributed by atoms with van der Waals surface area (Å²) in [5.41, 5.74) is 0. The zero-order valence-corrected chi connectivity index (χ0v) is 11.5. The van der Waals surface area contributed by atoms with Crippen molar-refractivity contribution >= 4 is 11.8 Å². The van der Waals surface area contributed by atoms with E-state index >= 15 is 0 Å². The van der Waals surface area contributed by atoms with Gasteiger partial charge in [0.15, 0.2) is 0 Å². The van der Waals surface area contributed by atoms with Crippen LogP contribution in [0.5, 0.6) is 0 Å². The zero-order chi connectivity index (χ0) is 13.5. The highest BCUT2D eigenvalue weighted by Gasteiger charge is 2.24. The Labute approximate surface area is 108 Å². The van der Waals surface area contributed by atoms with Crippen LogP contribution >= 0.6 is 0 Å². The lowest BCUT2D eigenvalue weighted by atomic mass is 10.2. The predicted octanol–water partition coefficient (Wildman–Crippen LogP) is -1.22. The van der Waals surface area contributed by atoms with E-state index in [0.29, 0.717) is 19.0 Å². The topological polar surface area (TPSA) is 73.5 Å². The van der Waals surface area contributed by atoms with Gasteiger partial charge in [0.25, 0.3) is 0 Å². The SMILES string of the molecule is CC(C)CNC(=O)CN(C)C(=O)C1CNCCN1. The smallest absolute Gasteiger partial charge is 0.241 e. The summed E-state index contributed by atoms with van der Waals surface area (Å²) in [4.78, 5) is 25.1. The maximum atomic E-state index is 12.0. The summed E-state index contributed by atoms with van der Waals surface area (Å²) in [5, 5.41) is 9.09. The number of likely N-dealkylation sites (N-methyl/N-ethyl adjacent to an activating group) is 1. The second-order valence-corrected chi connectivity index (χ2v) is 5.10. The van der Waals surface area contributed by atoms with Gasteiger partial charge in [0.1, 0.15) is 0 Å². The van der Waals surface area contributed by atoms with Crippen LogP contribution < -0.4 is 16.0 Å². The summed E-state index contributed by atoms with van der Waals surface area (Å²) >= 11 is 0. The van der Waals surface area contributed by atoms with Crippen molar-refractivity contribution in [1.82, 2.24) is 20.9 Å². The maximum Gasteiger partial charge on any atom is 0.241 e. The quantitative estimate of drug-likeness (QED) is 0.576. The third-order valence-electron chi connectivity index (χ3n) is 2.80. The first-order valence-electron chi connectivity index (χ1n) is 6.46. The van der Waals surface area contributed by atoms with Crippen LogP contribution in [0.15, 0.2) is 0 Å². The molecule has 1 saturated heterocycles. The molecule has 1 rings (SSSR count). The van der Waals surface area contributed by atoms with E-state index < -0.39 is 0 Å². The lowest BCUT2D eigenvalue weighted by molar-refractivity contribution is -0.136. The van der Waals surface area contributed by atoms with Gasteiger partial charge in [0, 0.05) is 33.2 Å². The second-order valence-electron chi connectivity index (χ2n) is 5.10. The van der Waals surface area contributed by atoms with Gasteiger partial charge in [-0.05, 0) is 5.92 Å². The molecule has 1 aliphatic heterocycles. The fourth-order valence-electron chi connectivity index (χ4n) is 1.76. The summed E-state index contributed by atoms with van der Waals surface area (Å²) in [6.07, 6.45) is 0. The van der Waals surface area contributed by atoms with Crippen molar-refractivity contribution in [2.75, 3.05) is 39.8 Å². The molecule has 1 heterocycles. The fourth-order valence-corrected chi connectivity index (χ4v) is 1.76. The molecule has 1 fully saturated rings. The Hall–Kier alpha value is -1.14. The molecule has 18 heavy (non-hydrogen) atoms. The Morgan fingerprint density at radius 2 is 2.11 bits per heavy atom. The van der Waals surface area contributed by atoms with Gasteiger partial charge in [0.2, 0.25) is 11.8 Å². The van der Waals surface area contributed by atoms with Crippen molar-refractivity contribution in [2.24, 2.45) is 5.92 Å². The van der Waals surface area contributed by atoms with Crippen molar-refractivity contribution < 1.29 is 9.59 Å². The van der Waals surface area contributed by atoms with E-state index in [0.717, 1.165) is 13.1 Å². The van der Waals surface area contributed by atoms with Crippen molar-refractivity contribution in [3.8, 4) is 0 Å². The number of hydrogen-bond acceptors (Lipinski definition) is 4. The van der Waals surface area contributed by atoms with Crippen molar-refractivity contribution in [2.45, 2.75) is 19.9 Å². The largest absolute Gasteiger partial charge is 0.354 e. The third kappa shape index (κ3) is 5.01. The van der Waals surface area contributed by atoms with Gasteiger partial charge in [-0.15, -0.1) is 0 Å². The zero-order valence-electron chi connectivity index (χ0n) is 11.5. The van der Waals surface area contributed by atoms with Gasteiger partial charge in [-0.3, -0.25) is 9.59 Å². The summed E-state index contributed by atoms with van der Waals surface area (Å²) < 4.78 is 0. The van der Waals surface area contributed by atoms with Crippen LogP contribution in [0.3, 0.4) is 0 Å². The molecule has 6 heteroatoms. The number of amides is 2. The van der Waals surface area contributed by atoms with Gasteiger partial charge in [-0.2, -0.15) is 0 Å². The van der Waals surface area contributed by atoms with E-state index in [4.69, 9.17) is 0 Å². The van der Waals surface area contributed by atoms with E-state index in [-0.39, 0.29) is 24.4 Å². The Balaban J connectivity index is 2.32. The molecule has 0 aromatic carbocycles. The van der Waals surface area contributed by atoms with E-state index in [1.807, 2.05) is 13.8 Å². The maximum absolute atomic E-state index is 12.0. The first-order valence-corrected chi connectivity index (χ1v) is 6.46. The minimum Gasteiger partial charge on any atom is -0.354 e. The fraction of sp³-hybridized carbons (Fsp3) is 0.833. The highest BCUT2D eigenvalue weighted by molar-refractivity contribution is 5.87. The molecule has 6 nitrogen and oxygen atoms in total. The average molecular weight is 256 g/mol. The minimum absolute atomic E-state index is 0.0399. The average Bonchev–Trinajstić information content (AvgIpc) is 2.36. The van der Waals surface area contributed by atoms with Gasteiger partial charge in [0.05, 0.1) is 12.6 Å². The normalized spacial score (nSPS) is 19.7. The number of carbonyl (C=O) groups excluding carboxylic acids is 2. The summed E-state index contributed by atoms with van der Waals surface area (Å²) in [5.74, 6) is 0.268. The van der Waals surface area contributed by atoms with Gasteiger partial charge < -0.3 is 20.9 Å². The van der Waals surface area contributed by atoms with Crippen LogP contribution in [0.4, 0.5) is 0 Å². The van der Waals surface area contributed by atoms with Gasteiger partial charge >= 0.3 is 0 Å². The van der Waals surface area contributed by atoms with Crippen LogP contribution in [0.25, 0.3) is 0 Å². The van der Waals surface area contributed by atoms with Crippen LogP contribution in [0.1, 0.15) is 13.8 Å². The Morgan fingerprint density at radius 1 is 1.39 bits per heavy atom. The number of carbonyl (C=O) groups is 2. The Kier molecular flexibility index (Phi) is 6.07. The molecule has 0 bridgehead atoms. The molecule has 0 aliphatic carbocycles. The summed E-state index contributed by atoms with van der Waals surface area (Å²) in [7, 11) is 1.66. The molecule has 1 unspecified atom stereocenters. The summed E-state index contributed by atoms with van der Waals surface area (Å²) in [6, 6.07) is -0.221. The molecular weight excluding hydrogens is 232 g/mol. The molecular formula is C12H24N4O2. The minimum atomic E-state index is -0.221. The van der Waals surface area contributed by atoms with Gasteiger partial charge in [-0.1, -0.05) is 13.8 Å². The predicted molar refractivity (Wildman–Crippen MR) is 70.1 cm³/mol. The molecule has 1 aliphatic rings. The van der Waals surface area contributed by atoms with Crippen LogP contribution in [0, 0.1) is 5.92 Å². The van der Waals surface area contributed by atoms with E-state index in [9.17, 15) is 9.59 Å². The van der Waals surface area contributed by atoms with Gasteiger partial charge in [-0.25, -0.2) is 0 Å². The number of rotatable bonds is 5. The van der Waals surface area contributed by atoms with Crippen molar-refractivity contribution in [1.29, 1.82) is 0 Å². The molecule has 0 radical (unpaired) electrons. The molecule has 104 valence electrons. The van der Waals surface area contributed by atoms with Crippen molar-refractivity contribution in [3.63, 3.8) is 0 Å². The molecule has 0 aromatic heterocycles. The molecule has 0 aromatic rings. The molecule has 2 amide bonds. The molecule has 3 N–H and O–H groups in total. The molecule has 1 atom stereocenters. The second kappa shape index (κ2) is 7.33. The highest BCUT2D eigenvalue weighted by atomic mass is 16.2.